The zero-order valence-corrected chi connectivity index (χ0v) is 14.9. The standard InChI is InChI=1S/C14H18ClN5.HI/c1-16-14(18-7-9-20-8-6-17-11-20)19-10-12-4-2-3-5-13(12)15;/h2-6,8,11H,7,9-10H2,1H3,(H2,16,18,19);1H. The minimum absolute atomic E-state index is 0. The van der Waals surface area contributed by atoms with Crippen molar-refractivity contribution in [3.05, 3.63) is 53.6 Å². The van der Waals surface area contributed by atoms with E-state index >= 15 is 0 Å². The monoisotopic (exact) mass is 419 g/mol. The van der Waals surface area contributed by atoms with Crippen molar-refractivity contribution >= 4 is 41.5 Å². The minimum Gasteiger partial charge on any atom is -0.355 e. The van der Waals surface area contributed by atoms with Crippen LogP contribution in [0.25, 0.3) is 0 Å². The highest BCUT2D eigenvalue weighted by molar-refractivity contribution is 14.0. The normalized spacial score (nSPS) is 10.9. The number of hydrogen-bond acceptors (Lipinski definition) is 2. The zero-order chi connectivity index (χ0) is 14.2. The molecule has 7 heteroatoms. The van der Waals surface area contributed by atoms with Crippen molar-refractivity contribution in [1.82, 2.24) is 20.2 Å². The Balaban J connectivity index is 0.00000220. The SMILES string of the molecule is CN=C(NCCn1ccnc1)NCc1ccccc1Cl.I. The maximum absolute atomic E-state index is 6.11. The molecule has 2 N–H and O–H groups in total. The number of hydrogen-bond donors (Lipinski definition) is 2. The molecule has 0 amide bonds. The van der Waals surface area contributed by atoms with Crippen molar-refractivity contribution in [3.8, 4) is 0 Å². The number of nitrogens with one attached hydrogen (secondary N) is 2. The average molecular weight is 420 g/mol. The molecule has 5 nitrogen and oxygen atoms in total. The van der Waals surface area contributed by atoms with E-state index in [1.54, 1.807) is 19.6 Å². The lowest BCUT2D eigenvalue weighted by molar-refractivity contribution is 0.661. The molecule has 0 saturated carbocycles. The van der Waals surface area contributed by atoms with Crippen molar-refractivity contribution < 1.29 is 0 Å². The number of imidazole rings is 1. The van der Waals surface area contributed by atoms with Crippen LogP contribution in [0, 0.1) is 0 Å². The molecule has 0 bridgehead atoms. The number of halogens is 2. The van der Waals surface area contributed by atoms with Crippen LogP contribution < -0.4 is 10.6 Å². The van der Waals surface area contributed by atoms with Gasteiger partial charge < -0.3 is 15.2 Å². The van der Waals surface area contributed by atoms with Crippen molar-refractivity contribution in [2.24, 2.45) is 4.99 Å². The lowest BCUT2D eigenvalue weighted by Gasteiger charge is -2.12. The summed E-state index contributed by atoms with van der Waals surface area (Å²) in [5.74, 6) is 0.755. The van der Waals surface area contributed by atoms with Gasteiger partial charge in [0.15, 0.2) is 5.96 Å². The van der Waals surface area contributed by atoms with Gasteiger partial charge in [-0.15, -0.1) is 24.0 Å². The highest BCUT2D eigenvalue weighted by atomic mass is 127. The van der Waals surface area contributed by atoms with Crippen LogP contribution in [0.4, 0.5) is 0 Å². The molecule has 1 aromatic heterocycles. The summed E-state index contributed by atoms with van der Waals surface area (Å²) in [7, 11) is 1.75. The highest BCUT2D eigenvalue weighted by Crippen LogP contribution is 2.13. The quantitative estimate of drug-likeness (QED) is 0.445. The number of guanidine groups is 1. The van der Waals surface area contributed by atoms with Crippen LogP contribution in [0.1, 0.15) is 5.56 Å². The number of aliphatic imine (C=N–C) groups is 1. The maximum Gasteiger partial charge on any atom is 0.191 e. The summed E-state index contributed by atoms with van der Waals surface area (Å²) in [6.45, 7) is 2.26. The summed E-state index contributed by atoms with van der Waals surface area (Å²) in [4.78, 5) is 8.18. The van der Waals surface area contributed by atoms with Crippen LogP contribution in [0.15, 0.2) is 48.0 Å². The fourth-order valence-electron chi connectivity index (χ4n) is 1.76. The molecule has 114 valence electrons. The Kier molecular flexibility index (Phi) is 8.14. The third kappa shape index (κ3) is 5.92. The van der Waals surface area contributed by atoms with Gasteiger partial charge in [0, 0.05) is 44.1 Å². The zero-order valence-electron chi connectivity index (χ0n) is 11.8. The molecule has 0 aliphatic heterocycles. The van der Waals surface area contributed by atoms with Crippen molar-refractivity contribution in [1.29, 1.82) is 0 Å². The summed E-state index contributed by atoms with van der Waals surface area (Å²) in [6, 6.07) is 7.77. The number of rotatable bonds is 5. The van der Waals surface area contributed by atoms with Crippen LogP contribution in [-0.2, 0) is 13.1 Å². The second-order valence-corrected chi connectivity index (χ2v) is 4.65. The lowest BCUT2D eigenvalue weighted by Crippen LogP contribution is -2.38. The van der Waals surface area contributed by atoms with Gasteiger partial charge in [-0.25, -0.2) is 4.98 Å². The van der Waals surface area contributed by atoms with E-state index in [1.807, 2.05) is 35.0 Å². The topological polar surface area (TPSA) is 54.2 Å². The van der Waals surface area contributed by atoms with Crippen molar-refractivity contribution in [2.75, 3.05) is 13.6 Å². The third-order valence-electron chi connectivity index (χ3n) is 2.85. The van der Waals surface area contributed by atoms with Gasteiger partial charge in [0.2, 0.25) is 0 Å². The fraction of sp³-hybridized carbons (Fsp3) is 0.286. The molecule has 1 aromatic carbocycles. The van der Waals surface area contributed by atoms with E-state index in [-0.39, 0.29) is 24.0 Å². The van der Waals surface area contributed by atoms with E-state index in [1.165, 1.54) is 0 Å². The number of aromatic nitrogens is 2. The first-order chi connectivity index (χ1) is 9.79. The Hall–Kier alpha value is -1.28. The molecule has 0 radical (unpaired) electrons. The second-order valence-electron chi connectivity index (χ2n) is 4.24. The van der Waals surface area contributed by atoms with E-state index < -0.39 is 0 Å². The van der Waals surface area contributed by atoms with Gasteiger partial charge in [0.25, 0.3) is 0 Å². The summed E-state index contributed by atoms with van der Waals surface area (Å²) in [5, 5.41) is 7.24. The fourth-order valence-corrected chi connectivity index (χ4v) is 1.97. The van der Waals surface area contributed by atoms with Crippen LogP contribution in [0.2, 0.25) is 5.02 Å². The summed E-state index contributed by atoms with van der Waals surface area (Å²) in [6.07, 6.45) is 5.49. The maximum atomic E-state index is 6.11. The molecule has 2 rings (SSSR count). The molecule has 21 heavy (non-hydrogen) atoms. The van der Waals surface area contributed by atoms with E-state index in [0.717, 1.165) is 29.6 Å². The van der Waals surface area contributed by atoms with Gasteiger partial charge in [-0.1, -0.05) is 29.8 Å². The first-order valence-electron chi connectivity index (χ1n) is 6.43. The Bertz CT molecular complexity index is 556. The molecule has 0 saturated heterocycles. The molecule has 0 aliphatic rings. The van der Waals surface area contributed by atoms with Crippen LogP contribution in [0.3, 0.4) is 0 Å². The van der Waals surface area contributed by atoms with Crippen molar-refractivity contribution in [3.63, 3.8) is 0 Å². The molecular weight excluding hydrogens is 401 g/mol. The number of benzene rings is 1. The van der Waals surface area contributed by atoms with Gasteiger partial charge in [-0.3, -0.25) is 4.99 Å². The van der Waals surface area contributed by atoms with Gasteiger partial charge in [-0.2, -0.15) is 0 Å². The van der Waals surface area contributed by atoms with E-state index in [4.69, 9.17) is 11.6 Å². The summed E-state index contributed by atoms with van der Waals surface area (Å²) < 4.78 is 2.01. The average Bonchev–Trinajstić information content (AvgIpc) is 2.97. The molecular formula is C14H19ClIN5. The highest BCUT2D eigenvalue weighted by Gasteiger charge is 2.01. The van der Waals surface area contributed by atoms with Crippen LogP contribution >= 0.6 is 35.6 Å². The van der Waals surface area contributed by atoms with Gasteiger partial charge in [-0.05, 0) is 11.6 Å². The molecule has 0 aliphatic carbocycles. The Morgan fingerprint density at radius 3 is 2.81 bits per heavy atom. The lowest BCUT2D eigenvalue weighted by atomic mass is 10.2. The molecule has 0 spiro atoms. The second kappa shape index (κ2) is 9.62. The summed E-state index contributed by atoms with van der Waals surface area (Å²) in [5.41, 5.74) is 1.05. The summed E-state index contributed by atoms with van der Waals surface area (Å²) >= 11 is 6.11. The van der Waals surface area contributed by atoms with Crippen molar-refractivity contribution in [2.45, 2.75) is 13.1 Å². The third-order valence-corrected chi connectivity index (χ3v) is 3.22. The van der Waals surface area contributed by atoms with Gasteiger partial charge in [0.1, 0.15) is 0 Å². The Morgan fingerprint density at radius 1 is 1.33 bits per heavy atom. The largest absolute Gasteiger partial charge is 0.355 e. The molecule has 0 atom stereocenters. The molecule has 1 heterocycles. The van der Waals surface area contributed by atoms with Crippen LogP contribution in [0.5, 0.6) is 0 Å². The van der Waals surface area contributed by atoms with E-state index in [9.17, 15) is 0 Å². The van der Waals surface area contributed by atoms with E-state index in [2.05, 4.69) is 20.6 Å². The smallest absolute Gasteiger partial charge is 0.191 e. The minimum atomic E-state index is 0. The molecule has 0 unspecified atom stereocenters. The van der Waals surface area contributed by atoms with Crippen LogP contribution in [-0.4, -0.2) is 29.1 Å². The Morgan fingerprint density at radius 2 is 2.14 bits per heavy atom. The van der Waals surface area contributed by atoms with E-state index in [0.29, 0.717) is 6.54 Å². The first-order valence-corrected chi connectivity index (χ1v) is 6.81. The molecule has 0 fully saturated rings. The first kappa shape index (κ1) is 17.8. The Labute approximate surface area is 146 Å². The number of nitrogens with zero attached hydrogens (tertiary/aromatic N) is 3. The predicted molar refractivity (Wildman–Crippen MR) is 97.3 cm³/mol. The van der Waals surface area contributed by atoms with Gasteiger partial charge in [0.05, 0.1) is 6.33 Å². The van der Waals surface area contributed by atoms with Gasteiger partial charge >= 0.3 is 0 Å². The molecule has 2 aromatic rings. The predicted octanol–water partition coefficient (Wildman–Crippen LogP) is 2.52.